The molecule has 0 spiro atoms. The predicted octanol–water partition coefficient (Wildman–Crippen LogP) is 2.27. The highest BCUT2D eigenvalue weighted by Crippen LogP contribution is 2.25. The van der Waals surface area contributed by atoms with Crippen molar-refractivity contribution < 1.29 is 9.84 Å². The number of aliphatic hydroxyl groups excluding tert-OH is 1. The van der Waals surface area contributed by atoms with Gasteiger partial charge in [-0.1, -0.05) is 30.3 Å². The van der Waals surface area contributed by atoms with Crippen LogP contribution in [0.1, 0.15) is 38.8 Å². The minimum absolute atomic E-state index is 0.00762. The van der Waals surface area contributed by atoms with Crippen LogP contribution in [0.3, 0.4) is 0 Å². The van der Waals surface area contributed by atoms with Crippen molar-refractivity contribution in [3.8, 4) is 0 Å². The van der Waals surface area contributed by atoms with Gasteiger partial charge in [-0.15, -0.1) is 0 Å². The van der Waals surface area contributed by atoms with E-state index in [9.17, 15) is 5.11 Å². The van der Waals surface area contributed by atoms with Gasteiger partial charge in [0.15, 0.2) is 0 Å². The van der Waals surface area contributed by atoms with Crippen LogP contribution >= 0.6 is 0 Å². The van der Waals surface area contributed by atoms with E-state index in [2.05, 4.69) is 24.4 Å². The molecular weight excluding hydrogens is 226 g/mol. The van der Waals surface area contributed by atoms with E-state index in [0.717, 1.165) is 0 Å². The molecule has 0 bridgehead atoms. The number of nitrogens with one attached hydrogen (secondary N) is 1. The van der Waals surface area contributed by atoms with Crippen molar-refractivity contribution in [1.29, 1.82) is 0 Å². The fourth-order valence-electron chi connectivity index (χ4n) is 2.45. The molecule has 18 heavy (non-hydrogen) atoms. The summed E-state index contributed by atoms with van der Waals surface area (Å²) in [4.78, 5) is 0. The van der Waals surface area contributed by atoms with Gasteiger partial charge in [-0.25, -0.2) is 0 Å². The van der Waals surface area contributed by atoms with E-state index in [-0.39, 0.29) is 23.8 Å². The molecule has 1 aliphatic rings. The first-order valence-electron chi connectivity index (χ1n) is 6.61. The Labute approximate surface area is 109 Å². The molecule has 0 aromatic heterocycles. The van der Waals surface area contributed by atoms with Crippen LogP contribution in [0.2, 0.25) is 0 Å². The molecule has 3 nitrogen and oxygen atoms in total. The van der Waals surface area contributed by atoms with E-state index in [1.807, 2.05) is 32.0 Å². The van der Waals surface area contributed by atoms with Crippen LogP contribution in [0, 0.1) is 0 Å². The summed E-state index contributed by atoms with van der Waals surface area (Å²) in [7, 11) is 0. The number of rotatable bonds is 3. The van der Waals surface area contributed by atoms with Crippen LogP contribution in [0.5, 0.6) is 0 Å². The molecule has 100 valence electrons. The monoisotopic (exact) mass is 249 g/mol. The van der Waals surface area contributed by atoms with Gasteiger partial charge in [0.1, 0.15) is 0 Å². The van der Waals surface area contributed by atoms with Gasteiger partial charge in [0, 0.05) is 12.5 Å². The van der Waals surface area contributed by atoms with Gasteiger partial charge in [-0.3, -0.25) is 0 Å². The first kappa shape index (κ1) is 13.5. The van der Waals surface area contributed by atoms with Crippen LogP contribution in [0.25, 0.3) is 0 Å². The summed E-state index contributed by atoms with van der Waals surface area (Å²) < 4.78 is 5.76. The molecule has 3 heteroatoms. The lowest BCUT2D eigenvalue weighted by molar-refractivity contribution is -0.115. The van der Waals surface area contributed by atoms with Crippen molar-refractivity contribution in [2.75, 3.05) is 6.61 Å². The Morgan fingerprint density at radius 1 is 1.33 bits per heavy atom. The number of hydrogen-bond acceptors (Lipinski definition) is 3. The molecule has 1 aliphatic heterocycles. The smallest absolute Gasteiger partial charge is 0.0743 e. The summed E-state index contributed by atoms with van der Waals surface area (Å²) >= 11 is 0. The van der Waals surface area contributed by atoms with E-state index in [1.165, 1.54) is 5.56 Å². The maximum absolute atomic E-state index is 10.2. The Kier molecular flexibility index (Phi) is 4.05. The quantitative estimate of drug-likeness (QED) is 0.863. The van der Waals surface area contributed by atoms with Gasteiger partial charge in [0.2, 0.25) is 0 Å². The summed E-state index contributed by atoms with van der Waals surface area (Å²) in [6, 6.07) is 10.5. The van der Waals surface area contributed by atoms with Crippen molar-refractivity contribution in [3.63, 3.8) is 0 Å². The summed E-state index contributed by atoms with van der Waals surface area (Å²) in [5.74, 6) is 0. The molecule has 1 heterocycles. The van der Waals surface area contributed by atoms with Crippen molar-refractivity contribution in [2.45, 2.75) is 51.0 Å². The van der Waals surface area contributed by atoms with E-state index in [1.54, 1.807) is 0 Å². The van der Waals surface area contributed by atoms with E-state index in [0.29, 0.717) is 13.0 Å². The second-order valence-electron chi connectivity index (χ2n) is 5.75. The lowest BCUT2D eigenvalue weighted by Gasteiger charge is -2.39. The van der Waals surface area contributed by atoms with Crippen LogP contribution in [0.15, 0.2) is 30.3 Å². The Bertz CT molecular complexity index is 377. The molecule has 1 aromatic carbocycles. The predicted molar refractivity (Wildman–Crippen MR) is 72.4 cm³/mol. The second-order valence-corrected chi connectivity index (χ2v) is 5.75. The maximum atomic E-state index is 10.2. The molecule has 2 unspecified atom stereocenters. The molecule has 1 fully saturated rings. The lowest BCUT2D eigenvalue weighted by atomic mass is 9.92. The average molecular weight is 249 g/mol. The second kappa shape index (κ2) is 5.39. The molecule has 0 aliphatic carbocycles. The number of ether oxygens (including phenoxy) is 1. The van der Waals surface area contributed by atoms with Gasteiger partial charge in [0.25, 0.3) is 0 Å². The molecule has 2 rings (SSSR count). The highest BCUT2D eigenvalue weighted by Gasteiger charge is 2.35. The Balaban J connectivity index is 1.94. The first-order valence-corrected chi connectivity index (χ1v) is 6.61. The third-order valence-corrected chi connectivity index (χ3v) is 3.58. The Morgan fingerprint density at radius 2 is 2.00 bits per heavy atom. The zero-order valence-corrected chi connectivity index (χ0v) is 11.4. The van der Waals surface area contributed by atoms with Crippen LogP contribution in [0.4, 0.5) is 0 Å². The molecule has 0 saturated carbocycles. The molecule has 2 N–H and O–H groups in total. The van der Waals surface area contributed by atoms with Gasteiger partial charge in [-0.05, 0) is 26.3 Å². The topological polar surface area (TPSA) is 41.5 Å². The van der Waals surface area contributed by atoms with Crippen LogP contribution in [-0.4, -0.2) is 29.5 Å². The van der Waals surface area contributed by atoms with E-state index >= 15 is 0 Å². The number of hydrogen-bond donors (Lipinski definition) is 2. The van der Waals surface area contributed by atoms with Gasteiger partial charge in [0.05, 0.1) is 24.4 Å². The molecule has 0 radical (unpaired) electrons. The standard InChI is InChI=1S/C15H23NO2/c1-11(12-7-5-4-6-8-12)16-13-10-18-15(2,3)9-14(13)17/h4-8,11,13-14,16-17H,9-10H2,1-3H3/t11-,13?,14?/m1/s1. The minimum Gasteiger partial charge on any atom is -0.391 e. The highest BCUT2D eigenvalue weighted by molar-refractivity contribution is 5.18. The largest absolute Gasteiger partial charge is 0.391 e. The summed E-state index contributed by atoms with van der Waals surface area (Å²) in [6.07, 6.45) is 0.325. The third kappa shape index (κ3) is 3.31. The van der Waals surface area contributed by atoms with Gasteiger partial charge >= 0.3 is 0 Å². The molecule has 3 atom stereocenters. The van der Waals surface area contributed by atoms with Crippen molar-refractivity contribution >= 4 is 0 Å². The zero-order valence-electron chi connectivity index (χ0n) is 11.4. The third-order valence-electron chi connectivity index (χ3n) is 3.58. The Morgan fingerprint density at radius 3 is 2.61 bits per heavy atom. The Hall–Kier alpha value is -0.900. The van der Waals surface area contributed by atoms with Crippen molar-refractivity contribution in [1.82, 2.24) is 5.32 Å². The summed E-state index contributed by atoms with van der Waals surface area (Å²) in [5, 5.41) is 13.6. The summed E-state index contributed by atoms with van der Waals surface area (Å²) in [5.41, 5.74) is 1.02. The fourth-order valence-corrected chi connectivity index (χ4v) is 2.45. The molecular formula is C15H23NO2. The molecule has 1 saturated heterocycles. The van der Waals surface area contributed by atoms with Crippen LogP contribution in [-0.2, 0) is 4.74 Å². The van der Waals surface area contributed by atoms with Crippen LogP contribution < -0.4 is 5.32 Å². The highest BCUT2D eigenvalue weighted by atomic mass is 16.5. The van der Waals surface area contributed by atoms with Gasteiger partial charge < -0.3 is 15.2 Å². The number of aliphatic hydroxyl groups is 1. The zero-order chi connectivity index (χ0) is 13.2. The van der Waals surface area contributed by atoms with Gasteiger partial charge in [-0.2, -0.15) is 0 Å². The maximum Gasteiger partial charge on any atom is 0.0743 e. The lowest BCUT2D eigenvalue weighted by Crippen LogP contribution is -2.53. The average Bonchev–Trinajstić information content (AvgIpc) is 2.33. The first-order chi connectivity index (χ1) is 8.48. The normalized spacial score (nSPS) is 28.9. The number of benzene rings is 1. The molecule has 1 aromatic rings. The minimum atomic E-state index is -0.347. The SMILES string of the molecule is C[C@@H](NC1COC(C)(C)CC1O)c1ccccc1. The van der Waals surface area contributed by atoms with Crippen molar-refractivity contribution in [3.05, 3.63) is 35.9 Å². The van der Waals surface area contributed by atoms with E-state index in [4.69, 9.17) is 4.74 Å². The fraction of sp³-hybridized carbons (Fsp3) is 0.600. The molecule has 0 amide bonds. The van der Waals surface area contributed by atoms with Crippen molar-refractivity contribution in [2.24, 2.45) is 0 Å². The summed E-state index contributed by atoms with van der Waals surface area (Å²) in [6.45, 7) is 6.72. The van der Waals surface area contributed by atoms with E-state index < -0.39 is 0 Å².